The molecule has 0 radical (unpaired) electrons. The molecule has 6 N–H and O–H groups in total. The highest BCUT2D eigenvalue weighted by Gasteiger charge is 2.39. The molecular formula is C36H44ClF3N6O7. The summed E-state index contributed by atoms with van der Waals surface area (Å²) in [7, 11) is 0. The second-order valence-corrected chi connectivity index (χ2v) is 13.5. The molecule has 4 rings (SSSR count). The smallest absolute Gasteiger partial charge is 0.391 e. The largest absolute Gasteiger partial charge is 0.416 e. The Morgan fingerprint density at radius 1 is 0.925 bits per heavy atom. The molecule has 2 aliphatic rings. The molecule has 0 saturated carbocycles. The molecule has 0 spiro atoms. The molecule has 17 heteroatoms. The van der Waals surface area contributed by atoms with Gasteiger partial charge in [-0.2, -0.15) is 13.2 Å². The summed E-state index contributed by atoms with van der Waals surface area (Å²) in [5.41, 5.74) is -0.928. The molecule has 0 aromatic heterocycles. The third-order valence-electron chi connectivity index (χ3n) is 9.22. The van der Waals surface area contributed by atoms with Crippen LogP contribution in [-0.4, -0.2) is 94.9 Å². The third-order valence-corrected chi connectivity index (χ3v) is 9.55. The van der Waals surface area contributed by atoms with Crippen molar-refractivity contribution in [1.82, 2.24) is 31.5 Å². The van der Waals surface area contributed by atoms with Crippen LogP contribution in [0.1, 0.15) is 73.9 Å². The van der Waals surface area contributed by atoms with Gasteiger partial charge in [0.05, 0.1) is 22.3 Å². The number of hydrogen-bond donors (Lipinski definition) is 6. The Bertz CT molecular complexity index is 1660. The maximum atomic E-state index is 14.0. The van der Waals surface area contributed by atoms with Gasteiger partial charge >= 0.3 is 6.18 Å². The number of nitrogens with one attached hydrogen (secondary N) is 5. The summed E-state index contributed by atoms with van der Waals surface area (Å²) in [6.45, 7) is 3.23. The Morgan fingerprint density at radius 2 is 1.62 bits per heavy atom. The molecule has 13 nitrogen and oxygen atoms in total. The van der Waals surface area contributed by atoms with Crippen LogP contribution in [0.5, 0.6) is 0 Å². The van der Waals surface area contributed by atoms with Crippen molar-refractivity contribution in [1.29, 1.82) is 0 Å². The molecule has 6 amide bonds. The predicted octanol–water partition coefficient (Wildman–Crippen LogP) is 2.24. The molecule has 2 fully saturated rings. The molecule has 2 aromatic rings. The minimum Gasteiger partial charge on any atom is -0.391 e. The molecule has 53 heavy (non-hydrogen) atoms. The van der Waals surface area contributed by atoms with Crippen LogP contribution in [0.3, 0.4) is 0 Å². The van der Waals surface area contributed by atoms with E-state index in [0.717, 1.165) is 6.07 Å². The van der Waals surface area contributed by atoms with Gasteiger partial charge in [-0.3, -0.25) is 28.8 Å². The van der Waals surface area contributed by atoms with Crippen molar-refractivity contribution < 1.29 is 47.0 Å². The van der Waals surface area contributed by atoms with Gasteiger partial charge in [-0.25, -0.2) is 0 Å². The maximum Gasteiger partial charge on any atom is 0.416 e. The molecule has 6 atom stereocenters. The fraction of sp³-hybridized carbons (Fsp3) is 0.500. The van der Waals surface area contributed by atoms with Crippen LogP contribution in [0, 0.1) is 0 Å². The van der Waals surface area contributed by atoms with E-state index < -0.39 is 89.1 Å². The summed E-state index contributed by atoms with van der Waals surface area (Å²) >= 11 is 6.07. The van der Waals surface area contributed by atoms with Gasteiger partial charge < -0.3 is 36.6 Å². The van der Waals surface area contributed by atoms with Gasteiger partial charge in [0.2, 0.25) is 29.5 Å². The number of aliphatic hydroxyl groups is 1. The SMILES string of the molecule is CC[C@@H]1NC(=O)[C@@H](NC(=O)c2cc(C(F)(F)F)ccc2Cl)CCCCNC(=O)[C@@H]2CCCN2C(=O)[C@@H](Cc2ccccc2)NC(=O)[C@H]([C@@H](C)O)NC1=O. The lowest BCUT2D eigenvalue weighted by atomic mass is 10.0. The summed E-state index contributed by atoms with van der Waals surface area (Å²) in [4.78, 5) is 82.7. The molecular weight excluding hydrogens is 721 g/mol. The van der Waals surface area contributed by atoms with E-state index in [2.05, 4.69) is 26.6 Å². The Labute approximate surface area is 309 Å². The van der Waals surface area contributed by atoms with Crippen LogP contribution in [0.25, 0.3) is 0 Å². The number of halogens is 4. The first kappa shape index (κ1) is 41.1. The number of fused-ring (bicyclic) bond motifs is 1. The van der Waals surface area contributed by atoms with Gasteiger partial charge in [-0.1, -0.05) is 48.9 Å². The van der Waals surface area contributed by atoms with E-state index in [9.17, 15) is 47.0 Å². The van der Waals surface area contributed by atoms with Gasteiger partial charge in [0.1, 0.15) is 30.2 Å². The first-order valence-corrected chi connectivity index (χ1v) is 17.9. The lowest BCUT2D eigenvalue weighted by Crippen LogP contribution is -2.61. The quantitative estimate of drug-likeness (QED) is 0.261. The summed E-state index contributed by atoms with van der Waals surface area (Å²) in [5.74, 6) is -4.58. The highest BCUT2D eigenvalue weighted by Crippen LogP contribution is 2.32. The molecule has 0 bridgehead atoms. The van der Waals surface area contributed by atoms with Crippen molar-refractivity contribution in [3.8, 4) is 0 Å². The number of benzene rings is 2. The summed E-state index contributed by atoms with van der Waals surface area (Å²) in [5, 5.41) is 23.2. The van der Waals surface area contributed by atoms with E-state index in [4.69, 9.17) is 11.6 Å². The van der Waals surface area contributed by atoms with Crippen LogP contribution in [-0.2, 0) is 36.6 Å². The van der Waals surface area contributed by atoms with E-state index in [0.29, 0.717) is 37.0 Å². The standard InChI is InChI=1S/C36H44ClF3N6O7/c1-3-25-31(49)45-29(20(2)47)34(52)44-27(18-21-10-5-4-6-11-21)35(53)46-17-9-13-28(46)33(51)41-16-8-7-12-26(32(50)42-25)43-30(48)23-19-22(36(38,39)40)14-15-24(23)37/h4-6,10-11,14-15,19-20,25-29,47H,3,7-9,12-13,16-18H2,1-2H3,(H,41,51)(H,42,50)(H,43,48)(H,44,52)(H,45,49)/t20-,25+,26+,27-,28+,29+/m1/s1. The molecule has 2 saturated heterocycles. The maximum absolute atomic E-state index is 14.0. The zero-order valence-corrected chi connectivity index (χ0v) is 30.1. The summed E-state index contributed by atoms with van der Waals surface area (Å²) in [6, 6.07) is 4.89. The van der Waals surface area contributed by atoms with Gasteiger partial charge in [0.25, 0.3) is 5.91 Å². The number of aliphatic hydroxyl groups excluding tert-OH is 1. The number of nitrogens with zero attached hydrogens (tertiary/aromatic N) is 1. The van der Waals surface area contributed by atoms with Crippen LogP contribution in [0.15, 0.2) is 48.5 Å². The molecule has 2 aliphatic heterocycles. The minimum atomic E-state index is -4.77. The Hall–Kier alpha value is -4.70. The van der Waals surface area contributed by atoms with Crippen molar-refractivity contribution >= 4 is 47.0 Å². The Balaban J connectivity index is 1.63. The van der Waals surface area contributed by atoms with Crippen molar-refractivity contribution in [2.45, 2.75) is 101 Å². The van der Waals surface area contributed by atoms with Gasteiger partial charge in [0.15, 0.2) is 0 Å². The van der Waals surface area contributed by atoms with Gasteiger partial charge in [0, 0.05) is 19.5 Å². The fourth-order valence-electron chi connectivity index (χ4n) is 6.28. The third kappa shape index (κ3) is 10.9. The number of carbonyl (C=O) groups is 6. The second kappa shape index (κ2) is 18.4. The van der Waals surface area contributed by atoms with E-state index in [1.54, 1.807) is 37.3 Å². The fourth-order valence-corrected chi connectivity index (χ4v) is 6.49. The van der Waals surface area contributed by atoms with Crippen LogP contribution in [0.4, 0.5) is 13.2 Å². The topological polar surface area (TPSA) is 186 Å². The number of hydrogen-bond acceptors (Lipinski definition) is 7. The molecule has 288 valence electrons. The number of carbonyl (C=O) groups excluding carboxylic acids is 6. The van der Waals surface area contributed by atoms with Crippen molar-refractivity contribution in [2.75, 3.05) is 13.1 Å². The predicted molar refractivity (Wildman–Crippen MR) is 187 cm³/mol. The average molecular weight is 765 g/mol. The zero-order chi connectivity index (χ0) is 38.9. The molecule has 2 aromatic carbocycles. The minimum absolute atomic E-state index is 0.00332. The van der Waals surface area contributed by atoms with Crippen LogP contribution < -0.4 is 26.6 Å². The van der Waals surface area contributed by atoms with E-state index in [1.807, 2.05) is 0 Å². The summed E-state index contributed by atoms with van der Waals surface area (Å²) < 4.78 is 40.2. The van der Waals surface area contributed by atoms with Gasteiger partial charge in [-0.05, 0) is 69.2 Å². The van der Waals surface area contributed by atoms with Crippen molar-refractivity contribution in [3.05, 3.63) is 70.2 Å². The van der Waals surface area contributed by atoms with Crippen molar-refractivity contribution in [3.63, 3.8) is 0 Å². The number of alkyl halides is 3. The monoisotopic (exact) mass is 764 g/mol. The molecule has 0 unspecified atom stereocenters. The Kier molecular flexibility index (Phi) is 14.2. The zero-order valence-electron chi connectivity index (χ0n) is 29.3. The summed E-state index contributed by atoms with van der Waals surface area (Å²) in [6.07, 6.45) is -4.74. The lowest BCUT2D eigenvalue weighted by Gasteiger charge is -2.30. The van der Waals surface area contributed by atoms with Crippen molar-refractivity contribution in [2.24, 2.45) is 0 Å². The first-order chi connectivity index (χ1) is 25.1. The molecule has 0 aliphatic carbocycles. The average Bonchev–Trinajstić information content (AvgIpc) is 3.61. The normalized spacial score (nSPS) is 24.7. The highest BCUT2D eigenvalue weighted by atomic mass is 35.5. The molecule has 2 heterocycles. The van der Waals surface area contributed by atoms with Crippen LogP contribution in [0.2, 0.25) is 5.02 Å². The van der Waals surface area contributed by atoms with E-state index >= 15 is 0 Å². The van der Waals surface area contributed by atoms with Crippen LogP contribution >= 0.6 is 11.6 Å². The Morgan fingerprint density at radius 3 is 2.28 bits per heavy atom. The number of rotatable bonds is 6. The van der Waals surface area contributed by atoms with E-state index in [-0.39, 0.29) is 43.8 Å². The highest BCUT2D eigenvalue weighted by molar-refractivity contribution is 6.34. The lowest BCUT2D eigenvalue weighted by molar-refractivity contribution is -0.142. The second-order valence-electron chi connectivity index (χ2n) is 13.1. The first-order valence-electron chi connectivity index (χ1n) is 17.5. The van der Waals surface area contributed by atoms with E-state index in [1.165, 1.54) is 11.8 Å². The number of amides is 6. The van der Waals surface area contributed by atoms with Gasteiger partial charge in [-0.15, -0.1) is 0 Å².